The van der Waals surface area contributed by atoms with Gasteiger partial charge < -0.3 is 10.0 Å². The number of aliphatic imine (C=N–C) groups is 1. The SMILES string of the molecule is CC1=C(C)N2C(=NC3C2C(=O)N(CCCO)C(=O)N3C)N1c1ccc(C)c(Cl)c1. The van der Waals surface area contributed by atoms with Crippen molar-refractivity contribution in [2.24, 2.45) is 4.99 Å². The minimum Gasteiger partial charge on any atom is -0.396 e. The number of benzene rings is 1. The molecule has 2 atom stereocenters. The number of aliphatic hydroxyl groups is 1. The van der Waals surface area contributed by atoms with Crippen molar-refractivity contribution in [1.82, 2.24) is 14.7 Å². The summed E-state index contributed by atoms with van der Waals surface area (Å²) in [4.78, 5) is 37.3. The van der Waals surface area contributed by atoms with E-state index in [9.17, 15) is 9.59 Å². The highest BCUT2D eigenvalue weighted by Crippen LogP contribution is 2.40. The molecule has 1 N–H and O–H groups in total. The number of hydrogen-bond donors (Lipinski definition) is 1. The monoisotopic (exact) mass is 417 g/mol. The van der Waals surface area contributed by atoms with Crippen LogP contribution in [-0.4, -0.2) is 70.1 Å². The number of nitrogens with zero attached hydrogens (tertiary/aromatic N) is 5. The topological polar surface area (TPSA) is 79.7 Å². The van der Waals surface area contributed by atoms with Crippen LogP contribution in [0, 0.1) is 6.92 Å². The normalized spacial score (nSPS) is 23.9. The number of hydrogen-bond acceptors (Lipinski definition) is 6. The van der Waals surface area contributed by atoms with E-state index >= 15 is 0 Å². The summed E-state index contributed by atoms with van der Waals surface area (Å²) in [6.45, 7) is 5.97. The Hall–Kier alpha value is -2.58. The Kier molecular flexibility index (Phi) is 4.78. The van der Waals surface area contributed by atoms with Crippen LogP contribution < -0.4 is 4.90 Å². The van der Waals surface area contributed by atoms with Crippen molar-refractivity contribution >= 4 is 35.2 Å². The van der Waals surface area contributed by atoms with Crippen LogP contribution >= 0.6 is 11.6 Å². The number of allylic oxidation sites excluding steroid dienone is 2. The summed E-state index contributed by atoms with van der Waals surface area (Å²) >= 11 is 6.34. The number of imide groups is 1. The molecule has 0 saturated carbocycles. The van der Waals surface area contributed by atoms with Crippen molar-refractivity contribution in [3.8, 4) is 0 Å². The Balaban J connectivity index is 1.75. The molecule has 8 nitrogen and oxygen atoms in total. The standard InChI is InChI=1S/C20H24ClN5O3/c1-11-6-7-14(10-15(11)21)25-12(2)13(3)26-16-17(22-19(25)26)23(4)20(29)24(18(16)28)8-5-9-27/h6-7,10,16-17,27H,5,8-9H2,1-4H3. The Labute approximate surface area is 174 Å². The summed E-state index contributed by atoms with van der Waals surface area (Å²) in [7, 11) is 1.66. The Morgan fingerprint density at radius 1 is 1.17 bits per heavy atom. The maximum Gasteiger partial charge on any atom is 0.328 e. The lowest BCUT2D eigenvalue weighted by Crippen LogP contribution is -2.64. The molecule has 154 valence electrons. The van der Waals surface area contributed by atoms with Crippen molar-refractivity contribution in [3.63, 3.8) is 0 Å². The number of carbonyl (C=O) groups excluding carboxylic acids is 2. The van der Waals surface area contributed by atoms with Gasteiger partial charge in [0.15, 0.2) is 12.2 Å². The second kappa shape index (κ2) is 7.03. The second-order valence-electron chi connectivity index (χ2n) is 7.56. The van der Waals surface area contributed by atoms with E-state index in [0.717, 1.165) is 22.6 Å². The molecular weight excluding hydrogens is 394 g/mol. The highest BCUT2D eigenvalue weighted by molar-refractivity contribution is 6.31. The zero-order chi connectivity index (χ0) is 21.0. The lowest BCUT2D eigenvalue weighted by Gasteiger charge is -2.40. The molecule has 3 aliphatic heterocycles. The number of aliphatic hydroxyl groups excluding tert-OH is 1. The zero-order valence-corrected chi connectivity index (χ0v) is 17.6. The molecule has 0 radical (unpaired) electrons. The first-order chi connectivity index (χ1) is 13.8. The van der Waals surface area contributed by atoms with Crippen molar-refractivity contribution in [2.45, 2.75) is 39.4 Å². The average Bonchev–Trinajstić information content (AvgIpc) is 3.18. The predicted molar refractivity (Wildman–Crippen MR) is 110 cm³/mol. The average molecular weight is 418 g/mol. The first-order valence-electron chi connectivity index (χ1n) is 9.57. The fourth-order valence-corrected chi connectivity index (χ4v) is 4.25. The zero-order valence-electron chi connectivity index (χ0n) is 16.9. The number of likely N-dealkylation sites (N-methyl/N-ethyl adjacent to an activating group) is 1. The van der Waals surface area contributed by atoms with Gasteiger partial charge in [0.2, 0.25) is 5.96 Å². The van der Waals surface area contributed by atoms with E-state index in [1.54, 1.807) is 7.05 Å². The summed E-state index contributed by atoms with van der Waals surface area (Å²) < 4.78 is 0. The number of halogens is 1. The van der Waals surface area contributed by atoms with Gasteiger partial charge in [-0.2, -0.15) is 0 Å². The van der Waals surface area contributed by atoms with E-state index in [2.05, 4.69) is 0 Å². The molecular formula is C20H24ClN5O3. The van der Waals surface area contributed by atoms with Crippen LogP contribution in [0.2, 0.25) is 5.02 Å². The van der Waals surface area contributed by atoms with Gasteiger partial charge in [-0.15, -0.1) is 0 Å². The van der Waals surface area contributed by atoms with Crippen molar-refractivity contribution in [3.05, 3.63) is 40.2 Å². The highest BCUT2D eigenvalue weighted by atomic mass is 35.5. The van der Waals surface area contributed by atoms with Gasteiger partial charge in [-0.1, -0.05) is 17.7 Å². The first-order valence-corrected chi connectivity index (χ1v) is 9.95. The Morgan fingerprint density at radius 3 is 2.55 bits per heavy atom. The molecule has 4 rings (SSSR count). The van der Waals surface area contributed by atoms with Crippen LogP contribution in [0.1, 0.15) is 25.8 Å². The molecule has 3 amide bonds. The van der Waals surface area contributed by atoms with Crippen molar-refractivity contribution in [1.29, 1.82) is 0 Å². The summed E-state index contributed by atoms with van der Waals surface area (Å²) in [5, 5.41) is 9.79. The molecule has 1 saturated heterocycles. The number of carbonyl (C=O) groups is 2. The maximum atomic E-state index is 13.2. The van der Waals surface area contributed by atoms with Gasteiger partial charge >= 0.3 is 6.03 Å². The third-order valence-electron chi connectivity index (χ3n) is 5.85. The van der Waals surface area contributed by atoms with E-state index in [1.165, 1.54) is 9.80 Å². The summed E-state index contributed by atoms with van der Waals surface area (Å²) in [6.07, 6.45) is -0.250. The van der Waals surface area contributed by atoms with Crippen LogP contribution in [-0.2, 0) is 4.79 Å². The molecule has 0 aliphatic carbocycles. The molecule has 0 aromatic heterocycles. The second-order valence-corrected chi connectivity index (χ2v) is 7.96. The molecule has 0 spiro atoms. The third-order valence-corrected chi connectivity index (χ3v) is 6.25. The van der Waals surface area contributed by atoms with Gasteiger partial charge in [0, 0.05) is 36.6 Å². The molecule has 3 aliphatic rings. The van der Waals surface area contributed by atoms with Gasteiger partial charge in [-0.25, -0.2) is 9.79 Å². The number of guanidine groups is 1. The van der Waals surface area contributed by atoms with Gasteiger partial charge in [-0.3, -0.25) is 19.5 Å². The fourth-order valence-electron chi connectivity index (χ4n) is 4.08. The largest absolute Gasteiger partial charge is 0.396 e. The summed E-state index contributed by atoms with van der Waals surface area (Å²) in [5.41, 5.74) is 3.70. The number of fused-ring (bicyclic) bond motifs is 3. The molecule has 29 heavy (non-hydrogen) atoms. The minimum absolute atomic E-state index is 0.0830. The summed E-state index contributed by atoms with van der Waals surface area (Å²) in [6, 6.07) is 4.79. The number of amides is 3. The quantitative estimate of drug-likeness (QED) is 0.813. The van der Waals surface area contributed by atoms with Crippen molar-refractivity contribution < 1.29 is 14.7 Å². The molecule has 2 unspecified atom stereocenters. The van der Waals surface area contributed by atoms with Crippen molar-refractivity contribution in [2.75, 3.05) is 25.1 Å². The molecule has 3 heterocycles. The lowest BCUT2D eigenvalue weighted by atomic mass is 10.1. The number of rotatable bonds is 4. The Morgan fingerprint density at radius 2 is 1.90 bits per heavy atom. The van der Waals surface area contributed by atoms with Gasteiger partial charge in [-0.05, 0) is 44.9 Å². The first kappa shape index (κ1) is 19.7. The molecule has 1 fully saturated rings. The van der Waals surface area contributed by atoms with E-state index < -0.39 is 18.2 Å². The predicted octanol–water partition coefficient (Wildman–Crippen LogP) is 2.36. The van der Waals surface area contributed by atoms with Crippen LogP contribution in [0.15, 0.2) is 34.6 Å². The minimum atomic E-state index is -0.618. The smallest absolute Gasteiger partial charge is 0.328 e. The Bertz CT molecular complexity index is 959. The van der Waals surface area contributed by atoms with E-state index in [1.807, 2.05) is 48.8 Å². The molecule has 1 aromatic rings. The van der Waals surface area contributed by atoms with E-state index in [4.69, 9.17) is 21.7 Å². The van der Waals surface area contributed by atoms with E-state index in [0.29, 0.717) is 17.4 Å². The van der Waals surface area contributed by atoms with Crippen LogP contribution in [0.5, 0.6) is 0 Å². The number of anilines is 1. The maximum absolute atomic E-state index is 13.2. The van der Waals surface area contributed by atoms with Crippen LogP contribution in [0.4, 0.5) is 10.5 Å². The number of aryl methyl sites for hydroxylation is 1. The molecule has 1 aromatic carbocycles. The third kappa shape index (κ3) is 2.81. The molecule has 9 heteroatoms. The molecule has 0 bridgehead atoms. The van der Waals surface area contributed by atoms with Gasteiger partial charge in [0.25, 0.3) is 5.91 Å². The van der Waals surface area contributed by atoms with Crippen LogP contribution in [0.3, 0.4) is 0 Å². The van der Waals surface area contributed by atoms with Crippen LogP contribution in [0.25, 0.3) is 0 Å². The lowest BCUT2D eigenvalue weighted by molar-refractivity contribution is -0.136. The summed E-state index contributed by atoms with van der Waals surface area (Å²) in [5.74, 6) is 0.327. The van der Waals surface area contributed by atoms with E-state index in [-0.39, 0.29) is 19.1 Å². The van der Waals surface area contributed by atoms with Gasteiger partial charge in [0.1, 0.15) is 0 Å². The highest BCUT2D eigenvalue weighted by Gasteiger charge is 2.55. The number of urea groups is 1. The fraction of sp³-hybridized carbons (Fsp3) is 0.450. The van der Waals surface area contributed by atoms with Gasteiger partial charge in [0.05, 0.1) is 5.69 Å².